The van der Waals surface area contributed by atoms with Crippen LogP contribution in [0.5, 0.6) is 0 Å². The van der Waals surface area contributed by atoms with Crippen LogP contribution in [0.25, 0.3) is 0 Å². The third kappa shape index (κ3) is 29.8. The van der Waals surface area contributed by atoms with Crippen molar-refractivity contribution in [3.05, 3.63) is 190 Å². The summed E-state index contributed by atoms with van der Waals surface area (Å²) in [5.41, 5.74) is 9.74. The minimum atomic E-state index is -3.85. The highest BCUT2D eigenvalue weighted by Crippen LogP contribution is 2.42. The molecule has 6 aromatic rings. The van der Waals surface area contributed by atoms with Crippen LogP contribution in [0.15, 0.2) is 124 Å². The standard InChI is InChI=1S/C84H116Cl5N11O15S3/c1-61-46-70-73(55-94(2)58-76(70)79(87)47-61)62-16-8-19-67(48-62)116(104,105)91-25-37-113-42-40-110-34-11-22-82(101)97(5)28-13-31-100(32-14-29-98(6)83(102)23-12-35-111-41-43-114-38-26-92-117(106,107)68-20-9-17-63(49-68)74-56-95(3)59-77-71(74)51-65(85)53-80(77)88)33-15-30-99(7)84(103)90-24-36-112-44-45-115-39-27-93-118(108,109)69-21-10-18-64(50-69)75-57-96(4)60-78-72(75)52-66(86)54-81(78)89/h8-10,16-21,46-54,73-75,91-93H,11-15,22-45,55-60H2,1-7H3,(H,90,103)/t73-,74-,75-/m0/s1. The number of aryl methyl sites for hydroxylation is 1. The number of benzene rings is 6. The largest absolute Gasteiger partial charge is 0.379 e. The average Bonchev–Trinajstić information content (AvgIpc) is 0.781. The summed E-state index contributed by atoms with van der Waals surface area (Å²) in [6.07, 6.45) is 3.65. The fraction of sp³-hybridized carbons (Fsp3) is 0.536. The van der Waals surface area contributed by atoms with E-state index in [1.165, 1.54) is 0 Å². The Morgan fingerprint density at radius 3 is 1.08 bits per heavy atom. The normalized spacial score (nSPS) is 16.1. The van der Waals surface area contributed by atoms with E-state index >= 15 is 0 Å². The van der Waals surface area contributed by atoms with E-state index in [1.807, 2.05) is 64.5 Å². The van der Waals surface area contributed by atoms with E-state index < -0.39 is 30.1 Å². The van der Waals surface area contributed by atoms with E-state index in [-0.39, 0.29) is 143 Å². The van der Waals surface area contributed by atoms with Crippen LogP contribution in [-0.4, -0.2) is 284 Å². The molecule has 3 heterocycles. The topological polar surface area (TPSA) is 280 Å². The molecule has 4 N–H and O–H groups in total. The maximum absolute atomic E-state index is 13.4. The molecule has 34 heteroatoms. The molecule has 0 unspecified atom stereocenters. The molecule has 3 aliphatic rings. The highest BCUT2D eigenvalue weighted by atomic mass is 35.5. The first-order valence-electron chi connectivity index (χ1n) is 40.2. The average molecular weight is 1790 g/mol. The van der Waals surface area contributed by atoms with Gasteiger partial charge in [0.2, 0.25) is 41.9 Å². The number of amides is 4. The van der Waals surface area contributed by atoms with Crippen LogP contribution in [-0.2, 0) is 87.7 Å². The van der Waals surface area contributed by atoms with Gasteiger partial charge in [0.15, 0.2) is 0 Å². The number of ether oxygens (including phenoxy) is 6. The number of fused-ring (bicyclic) bond motifs is 3. The van der Waals surface area contributed by atoms with Crippen LogP contribution in [0.3, 0.4) is 0 Å². The molecule has 650 valence electrons. The summed E-state index contributed by atoms with van der Waals surface area (Å²) >= 11 is 32.6. The van der Waals surface area contributed by atoms with Crippen molar-refractivity contribution in [1.82, 2.24) is 53.8 Å². The SMILES string of the molecule is Cc1cc(Cl)c2c(c1)[C@H](c1cccc(S(=O)(=O)NCCOCCOCCCC(=O)N(C)CCCN(CCCN(C)C(=O)CCCOCCOCCNS(=O)(=O)c3cccc([C@@H]4CN(C)Cc5c(Cl)cc(Cl)cc54)c3)CCCN(C)C(=O)NCCOCCOCCNS(=O)(=O)c3cccc([C@@H]4CN(C)Cc5c(Cl)cc(Cl)cc54)c3)c1)CN(C)C2. The maximum atomic E-state index is 13.4. The summed E-state index contributed by atoms with van der Waals surface area (Å²) in [5, 5.41) is 5.84. The second-order valence-electron chi connectivity index (χ2n) is 30.5. The molecule has 0 saturated heterocycles. The Hall–Kier alpha value is -5.69. The monoisotopic (exact) mass is 1790 g/mol. The Morgan fingerprint density at radius 1 is 0.398 bits per heavy atom. The van der Waals surface area contributed by atoms with Crippen LogP contribution >= 0.6 is 58.0 Å². The van der Waals surface area contributed by atoms with Crippen molar-refractivity contribution in [3.63, 3.8) is 0 Å². The number of halogens is 5. The first kappa shape index (κ1) is 96.1. The van der Waals surface area contributed by atoms with Gasteiger partial charge in [-0.1, -0.05) is 100 Å². The van der Waals surface area contributed by atoms with Crippen molar-refractivity contribution in [2.24, 2.45) is 0 Å². The summed E-state index contributed by atoms with van der Waals surface area (Å²) < 4.78 is 122. The molecule has 0 fully saturated rings. The lowest BCUT2D eigenvalue weighted by atomic mass is 9.84. The summed E-state index contributed by atoms with van der Waals surface area (Å²) in [6.45, 7) is 13.0. The molecule has 3 aliphatic heterocycles. The predicted molar refractivity (Wildman–Crippen MR) is 464 cm³/mol. The summed E-state index contributed by atoms with van der Waals surface area (Å²) in [4.78, 5) is 54.0. The third-order valence-corrected chi connectivity index (χ3v) is 26.9. The van der Waals surface area contributed by atoms with Gasteiger partial charge in [0, 0.05) is 175 Å². The van der Waals surface area contributed by atoms with Crippen molar-refractivity contribution in [2.75, 3.05) is 207 Å². The molecular formula is C84H116Cl5N11O15S3. The number of hydrogen-bond acceptors (Lipinski definition) is 19. The number of urea groups is 1. The number of carbonyl (C=O) groups excluding carboxylic acids is 3. The van der Waals surface area contributed by atoms with Gasteiger partial charge in [0.25, 0.3) is 0 Å². The minimum absolute atomic E-state index is 0.0118. The molecule has 0 saturated carbocycles. The molecule has 4 amide bonds. The van der Waals surface area contributed by atoms with Gasteiger partial charge in [-0.25, -0.2) is 44.2 Å². The Balaban J connectivity index is 0.637. The molecule has 0 radical (unpaired) electrons. The second kappa shape index (κ2) is 47.8. The number of sulfonamides is 3. The van der Waals surface area contributed by atoms with E-state index in [9.17, 15) is 39.6 Å². The molecule has 6 aromatic carbocycles. The third-order valence-electron chi connectivity index (χ3n) is 21.1. The highest BCUT2D eigenvalue weighted by Gasteiger charge is 2.32. The number of rotatable bonds is 50. The van der Waals surface area contributed by atoms with E-state index in [4.69, 9.17) is 86.4 Å². The van der Waals surface area contributed by atoms with Gasteiger partial charge in [-0.3, -0.25) is 9.59 Å². The Labute approximate surface area is 723 Å². The zero-order valence-corrected chi connectivity index (χ0v) is 75.0. The molecule has 0 bridgehead atoms. The number of hydrogen-bond donors (Lipinski definition) is 4. The molecule has 0 spiro atoms. The van der Waals surface area contributed by atoms with Crippen LogP contribution in [0.4, 0.5) is 4.79 Å². The Kier molecular flexibility index (Phi) is 39.0. The first-order valence-corrected chi connectivity index (χ1v) is 46.6. The maximum Gasteiger partial charge on any atom is 0.317 e. The zero-order chi connectivity index (χ0) is 84.9. The van der Waals surface area contributed by atoms with E-state index in [2.05, 4.69) is 45.1 Å². The lowest BCUT2D eigenvalue weighted by Gasteiger charge is -2.33. The van der Waals surface area contributed by atoms with Crippen LogP contribution in [0, 0.1) is 6.92 Å². The van der Waals surface area contributed by atoms with Gasteiger partial charge < -0.3 is 68.0 Å². The fourth-order valence-electron chi connectivity index (χ4n) is 14.9. The summed E-state index contributed by atoms with van der Waals surface area (Å²) in [6, 6.07) is 32.0. The van der Waals surface area contributed by atoms with Crippen LogP contribution < -0.4 is 19.5 Å². The van der Waals surface area contributed by atoms with E-state index in [0.717, 1.165) is 68.7 Å². The Bertz CT molecular complexity index is 4190. The molecule has 9 rings (SSSR count). The van der Waals surface area contributed by atoms with Gasteiger partial charge in [-0.05, 0) is 202 Å². The molecule has 0 aliphatic carbocycles. The fourth-order valence-corrected chi connectivity index (χ4v) is 19.6. The second-order valence-corrected chi connectivity index (χ2v) is 37.8. The molecule has 26 nitrogen and oxygen atoms in total. The molecule has 3 atom stereocenters. The number of nitrogens with zero attached hydrogens (tertiary/aromatic N) is 7. The first-order chi connectivity index (χ1) is 56.5. The lowest BCUT2D eigenvalue weighted by Crippen LogP contribution is -2.40. The van der Waals surface area contributed by atoms with Crippen LogP contribution in [0.1, 0.15) is 118 Å². The number of likely N-dealkylation sites (N-methyl/N-ethyl adjacent to an activating group) is 3. The number of nitrogens with one attached hydrogen (secondary N) is 4. The quantitative estimate of drug-likeness (QED) is 0.0258. The lowest BCUT2D eigenvalue weighted by molar-refractivity contribution is -0.131. The van der Waals surface area contributed by atoms with Crippen molar-refractivity contribution >= 4 is 106 Å². The van der Waals surface area contributed by atoms with Crippen molar-refractivity contribution in [1.29, 1.82) is 0 Å². The van der Waals surface area contributed by atoms with E-state index in [1.54, 1.807) is 103 Å². The van der Waals surface area contributed by atoms with Crippen LogP contribution in [0.2, 0.25) is 25.1 Å². The molecule has 0 aromatic heterocycles. The highest BCUT2D eigenvalue weighted by molar-refractivity contribution is 7.90. The Morgan fingerprint density at radius 2 is 0.720 bits per heavy atom. The van der Waals surface area contributed by atoms with Gasteiger partial charge in [0.1, 0.15) is 0 Å². The molecular weight excluding hydrogens is 1680 g/mol. The van der Waals surface area contributed by atoms with Gasteiger partial charge in [-0.2, -0.15) is 0 Å². The smallest absolute Gasteiger partial charge is 0.317 e. The minimum Gasteiger partial charge on any atom is -0.379 e. The zero-order valence-electron chi connectivity index (χ0n) is 68.7. The van der Waals surface area contributed by atoms with Gasteiger partial charge in [0.05, 0.1) is 80.8 Å². The summed E-state index contributed by atoms with van der Waals surface area (Å²) in [7, 11) is -0.170. The number of carbonyl (C=O) groups is 3. The van der Waals surface area contributed by atoms with Gasteiger partial charge >= 0.3 is 6.03 Å². The van der Waals surface area contributed by atoms with E-state index in [0.29, 0.717) is 149 Å². The van der Waals surface area contributed by atoms with Gasteiger partial charge in [-0.15, -0.1) is 0 Å². The molecule has 118 heavy (non-hydrogen) atoms. The van der Waals surface area contributed by atoms with Crippen molar-refractivity contribution in [2.45, 2.75) is 104 Å². The van der Waals surface area contributed by atoms with Crippen molar-refractivity contribution < 1.29 is 68.1 Å². The summed E-state index contributed by atoms with van der Waals surface area (Å²) in [5.74, 6) is -0.299. The predicted octanol–water partition coefficient (Wildman–Crippen LogP) is 10.9. The van der Waals surface area contributed by atoms with Crippen molar-refractivity contribution in [3.8, 4) is 0 Å².